The average molecular weight is 390 g/mol. The van der Waals surface area contributed by atoms with E-state index in [1.54, 1.807) is 17.0 Å². The maximum absolute atomic E-state index is 12.6. The van der Waals surface area contributed by atoms with Crippen LogP contribution in [0.3, 0.4) is 0 Å². The molecule has 8 nitrogen and oxygen atoms in total. The summed E-state index contributed by atoms with van der Waals surface area (Å²) in [6.45, 7) is 0.612. The van der Waals surface area contributed by atoms with E-state index in [1.165, 1.54) is 27.6 Å². The van der Waals surface area contributed by atoms with Gasteiger partial charge in [-0.2, -0.15) is 0 Å². The molecule has 0 radical (unpaired) electrons. The monoisotopic (exact) mass is 390 g/mol. The fraction of sp³-hybridized carbons (Fsp3) is 0.312. The highest BCUT2D eigenvalue weighted by atomic mass is 32.1. The number of imide groups is 1. The summed E-state index contributed by atoms with van der Waals surface area (Å²) >= 11 is 2.67. The third-order valence-electron chi connectivity index (χ3n) is 4.42. The van der Waals surface area contributed by atoms with Crippen molar-refractivity contribution in [3.05, 3.63) is 38.0 Å². The number of nitrogens with zero attached hydrogens (tertiary/aromatic N) is 2. The molecule has 4 heterocycles. The van der Waals surface area contributed by atoms with Crippen molar-refractivity contribution in [3.63, 3.8) is 0 Å². The molecule has 26 heavy (non-hydrogen) atoms. The van der Waals surface area contributed by atoms with Gasteiger partial charge in [0.2, 0.25) is 11.8 Å². The third-order valence-corrected chi connectivity index (χ3v) is 6.22. The van der Waals surface area contributed by atoms with Crippen LogP contribution in [-0.2, 0) is 22.7 Å². The van der Waals surface area contributed by atoms with Crippen molar-refractivity contribution < 1.29 is 19.2 Å². The van der Waals surface area contributed by atoms with E-state index in [-0.39, 0.29) is 24.1 Å². The summed E-state index contributed by atoms with van der Waals surface area (Å²) in [5, 5.41) is 8.97. The van der Waals surface area contributed by atoms with Crippen molar-refractivity contribution in [2.24, 2.45) is 0 Å². The Balaban J connectivity index is 1.46. The van der Waals surface area contributed by atoms with E-state index in [4.69, 9.17) is 0 Å². The second kappa shape index (κ2) is 6.61. The minimum absolute atomic E-state index is 0.205. The lowest BCUT2D eigenvalue weighted by molar-refractivity contribution is -0.136. The van der Waals surface area contributed by atoms with Gasteiger partial charge in [0.15, 0.2) is 5.01 Å². The van der Waals surface area contributed by atoms with E-state index in [0.29, 0.717) is 30.1 Å². The number of rotatable bonds is 4. The van der Waals surface area contributed by atoms with Gasteiger partial charge in [0.1, 0.15) is 6.04 Å². The number of carbonyl (C=O) groups is 4. The van der Waals surface area contributed by atoms with Crippen LogP contribution >= 0.6 is 22.7 Å². The lowest BCUT2D eigenvalue weighted by Crippen LogP contribution is -2.52. The highest BCUT2D eigenvalue weighted by Crippen LogP contribution is 2.33. The van der Waals surface area contributed by atoms with Gasteiger partial charge in [-0.3, -0.25) is 24.5 Å². The fourth-order valence-corrected chi connectivity index (χ4v) is 4.65. The molecule has 2 aromatic rings. The summed E-state index contributed by atoms with van der Waals surface area (Å²) in [4.78, 5) is 54.4. The standard InChI is InChI=1S/C16H14N4O4S2/c21-12-2-1-10(13(22)19-12)20-6-8-9(16(20)24)7-26-11(8)5-18-14(23)15-17-3-4-25-15/h3-4,7,10H,1-2,5-6H2,(H,18,23)(H,19,21,22). The molecule has 1 atom stereocenters. The number of hydrogen-bond donors (Lipinski definition) is 2. The van der Waals surface area contributed by atoms with Gasteiger partial charge in [-0.25, -0.2) is 4.98 Å². The zero-order valence-corrected chi connectivity index (χ0v) is 15.1. The van der Waals surface area contributed by atoms with Crippen LogP contribution in [0.25, 0.3) is 0 Å². The minimum atomic E-state index is -0.629. The number of hydrogen-bond acceptors (Lipinski definition) is 7. The Morgan fingerprint density at radius 3 is 2.92 bits per heavy atom. The van der Waals surface area contributed by atoms with Gasteiger partial charge < -0.3 is 10.2 Å². The van der Waals surface area contributed by atoms with Crippen LogP contribution in [0.4, 0.5) is 0 Å². The first-order valence-electron chi connectivity index (χ1n) is 7.96. The maximum atomic E-state index is 12.6. The van der Waals surface area contributed by atoms with E-state index in [2.05, 4.69) is 15.6 Å². The maximum Gasteiger partial charge on any atom is 0.280 e. The largest absolute Gasteiger partial charge is 0.345 e. The van der Waals surface area contributed by atoms with E-state index >= 15 is 0 Å². The van der Waals surface area contributed by atoms with Gasteiger partial charge in [0.25, 0.3) is 11.8 Å². The highest BCUT2D eigenvalue weighted by Gasteiger charge is 2.40. The molecule has 4 rings (SSSR count). The molecule has 2 N–H and O–H groups in total. The molecular weight excluding hydrogens is 376 g/mol. The van der Waals surface area contributed by atoms with Crippen LogP contribution in [0.5, 0.6) is 0 Å². The first-order valence-corrected chi connectivity index (χ1v) is 9.72. The minimum Gasteiger partial charge on any atom is -0.345 e. The van der Waals surface area contributed by atoms with Gasteiger partial charge in [-0.15, -0.1) is 22.7 Å². The normalized spacial score (nSPS) is 19.5. The van der Waals surface area contributed by atoms with Gasteiger partial charge >= 0.3 is 0 Å². The molecule has 0 aliphatic carbocycles. The molecule has 134 valence electrons. The molecule has 2 aliphatic rings. The molecule has 1 fully saturated rings. The number of thiazole rings is 1. The fourth-order valence-electron chi connectivity index (χ4n) is 3.12. The number of carbonyl (C=O) groups excluding carboxylic acids is 4. The van der Waals surface area contributed by atoms with Crippen molar-refractivity contribution in [1.29, 1.82) is 0 Å². The van der Waals surface area contributed by atoms with Crippen molar-refractivity contribution in [2.75, 3.05) is 0 Å². The second-order valence-electron chi connectivity index (χ2n) is 5.97. The first-order chi connectivity index (χ1) is 12.5. The Morgan fingerprint density at radius 1 is 1.35 bits per heavy atom. The van der Waals surface area contributed by atoms with Gasteiger partial charge in [-0.05, 0) is 12.0 Å². The van der Waals surface area contributed by atoms with Crippen molar-refractivity contribution in [2.45, 2.75) is 32.0 Å². The zero-order chi connectivity index (χ0) is 18.3. The molecular formula is C16H14N4O4S2. The van der Waals surface area contributed by atoms with Crippen LogP contribution in [0.15, 0.2) is 17.0 Å². The van der Waals surface area contributed by atoms with Crippen LogP contribution < -0.4 is 10.6 Å². The molecule has 10 heteroatoms. The second-order valence-corrected chi connectivity index (χ2v) is 7.83. The van der Waals surface area contributed by atoms with Crippen molar-refractivity contribution in [1.82, 2.24) is 20.5 Å². The van der Waals surface area contributed by atoms with Gasteiger partial charge in [0, 0.05) is 34.8 Å². The summed E-state index contributed by atoms with van der Waals surface area (Å²) < 4.78 is 0. The van der Waals surface area contributed by atoms with Crippen molar-refractivity contribution in [3.8, 4) is 0 Å². The molecule has 1 unspecified atom stereocenters. The number of aromatic nitrogens is 1. The van der Waals surface area contributed by atoms with Crippen LogP contribution in [0.2, 0.25) is 0 Å². The number of fused-ring (bicyclic) bond motifs is 1. The summed E-state index contributed by atoms with van der Waals surface area (Å²) in [5.74, 6) is -1.20. The smallest absolute Gasteiger partial charge is 0.280 e. The van der Waals surface area contributed by atoms with Crippen molar-refractivity contribution >= 4 is 46.3 Å². The molecule has 2 aromatic heterocycles. The van der Waals surface area contributed by atoms with Crippen LogP contribution in [-0.4, -0.2) is 39.6 Å². The number of nitrogens with one attached hydrogen (secondary N) is 2. The quantitative estimate of drug-likeness (QED) is 0.754. The Bertz CT molecular complexity index is 906. The van der Waals surface area contributed by atoms with Crippen LogP contribution in [0, 0.1) is 0 Å². The Labute approximate surface area is 156 Å². The average Bonchev–Trinajstić information content (AvgIpc) is 3.32. The highest BCUT2D eigenvalue weighted by molar-refractivity contribution is 7.11. The van der Waals surface area contributed by atoms with Gasteiger partial charge in [-0.1, -0.05) is 0 Å². The Morgan fingerprint density at radius 2 is 2.19 bits per heavy atom. The number of piperidine rings is 1. The summed E-state index contributed by atoms with van der Waals surface area (Å²) in [6.07, 6.45) is 2.13. The molecule has 4 amide bonds. The van der Waals surface area contributed by atoms with E-state index in [1.807, 2.05) is 0 Å². The summed E-state index contributed by atoms with van der Waals surface area (Å²) in [7, 11) is 0. The molecule has 0 spiro atoms. The van der Waals surface area contributed by atoms with E-state index in [9.17, 15) is 19.2 Å². The van der Waals surface area contributed by atoms with Gasteiger partial charge in [0.05, 0.1) is 12.1 Å². The lowest BCUT2D eigenvalue weighted by Gasteiger charge is -2.29. The topological polar surface area (TPSA) is 108 Å². The first kappa shape index (κ1) is 16.9. The molecule has 0 aromatic carbocycles. The predicted molar refractivity (Wildman–Crippen MR) is 93.6 cm³/mol. The van der Waals surface area contributed by atoms with E-state index in [0.717, 1.165) is 10.4 Å². The van der Waals surface area contributed by atoms with E-state index < -0.39 is 11.9 Å². The Kier molecular flexibility index (Phi) is 4.29. The molecule has 2 aliphatic heterocycles. The zero-order valence-electron chi connectivity index (χ0n) is 13.5. The lowest BCUT2D eigenvalue weighted by atomic mass is 10.0. The summed E-state index contributed by atoms with van der Waals surface area (Å²) in [6, 6.07) is -0.629. The number of thiophene rings is 1. The molecule has 0 bridgehead atoms. The number of amides is 4. The molecule has 1 saturated heterocycles. The Hall–Kier alpha value is -2.59. The predicted octanol–water partition coefficient (Wildman–Crippen LogP) is 0.896. The SMILES string of the molecule is O=C1CCC(N2Cc3c(csc3CNC(=O)c3nccs3)C2=O)C(=O)N1. The molecule has 0 saturated carbocycles. The summed E-state index contributed by atoms with van der Waals surface area (Å²) in [5.41, 5.74) is 1.40. The van der Waals surface area contributed by atoms with Crippen LogP contribution in [0.1, 0.15) is 43.4 Å². The third kappa shape index (κ3) is 2.90.